The minimum Gasteiger partial charge on any atom is -0.369 e. The van der Waals surface area contributed by atoms with Gasteiger partial charge in [-0.25, -0.2) is 4.98 Å². The Labute approximate surface area is 221 Å². The number of benzene rings is 1. The summed E-state index contributed by atoms with van der Waals surface area (Å²) in [7, 11) is 6.45. The zero-order valence-electron chi connectivity index (χ0n) is 23.7. The number of imidazole rings is 1. The van der Waals surface area contributed by atoms with Crippen LogP contribution in [0.4, 0.5) is 5.69 Å². The Morgan fingerprint density at radius 2 is 1.76 bits per heavy atom. The quantitative estimate of drug-likeness (QED) is 0.443. The zero-order chi connectivity index (χ0) is 26.7. The molecule has 1 aromatic carbocycles. The minimum atomic E-state index is -0.00495. The Morgan fingerprint density at radius 3 is 2.35 bits per heavy atom. The lowest BCUT2D eigenvalue weighted by molar-refractivity contribution is 0.214. The third kappa shape index (κ3) is 5.99. The Kier molecular flexibility index (Phi) is 8.55. The molecule has 37 heavy (non-hydrogen) atoms. The van der Waals surface area contributed by atoms with Gasteiger partial charge in [-0.15, -0.1) is 0 Å². The van der Waals surface area contributed by atoms with E-state index in [1.807, 2.05) is 39.4 Å². The molecule has 3 aromatic rings. The van der Waals surface area contributed by atoms with E-state index in [2.05, 4.69) is 69.7 Å². The Balaban J connectivity index is 1.63. The van der Waals surface area contributed by atoms with Gasteiger partial charge in [0.15, 0.2) is 0 Å². The largest absolute Gasteiger partial charge is 0.369 e. The van der Waals surface area contributed by atoms with Gasteiger partial charge in [0.25, 0.3) is 5.56 Å². The summed E-state index contributed by atoms with van der Waals surface area (Å²) in [5.41, 5.74) is 7.71. The molecule has 2 N–H and O–H groups in total. The summed E-state index contributed by atoms with van der Waals surface area (Å²) in [5.74, 6) is 0.973. The molecule has 0 amide bonds. The number of anilines is 1. The Hall–Kier alpha value is -2.90. The van der Waals surface area contributed by atoms with Gasteiger partial charge >= 0.3 is 0 Å². The Bertz CT molecular complexity index is 1270. The first-order chi connectivity index (χ1) is 17.7. The van der Waals surface area contributed by atoms with Crippen LogP contribution in [0.5, 0.6) is 0 Å². The summed E-state index contributed by atoms with van der Waals surface area (Å²) in [6.07, 6.45) is 8.77. The monoisotopic (exact) mass is 504 g/mol. The number of aromatic amines is 1. The topological polar surface area (TPSA) is 69.2 Å². The van der Waals surface area contributed by atoms with Crippen molar-refractivity contribution in [2.45, 2.75) is 78.6 Å². The van der Waals surface area contributed by atoms with Crippen LogP contribution < -0.4 is 15.8 Å². The van der Waals surface area contributed by atoms with E-state index in [0.717, 1.165) is 34.8 Å². The molecule has 200 valence electrons. The van der Waals surface area contributed by atoms with Gasteiger partial charge in [0.05, 0.1) is 0 Å². The fourth-order valence-electron chi connectivity index (χ4n) is 5.95. The zero-order valence-corrected chi connectivity index (χ0v) is 23.7. The van der Waals surface area contributed by atoms with Gasteiger partial charge in [-0.3, -0.25) is 4.79 Å². The summed E-state index contributed by atoms with van der Waals surface area (Å²) < 4.78 is 2.08. The van der Waals surface area contributed by atoms with E-state index in [1.54, 1.807) is 0 Å². The van der Waals surface area contributed by atoms with Gasteiger partial charge in [-0.2, -0.15) is 0 Å². The smallest absolute Gasteiger partial charge is 0.252 e. The second-order valence-corrected chi connectivity index (χ2v) is 10.9. The SMILES string of the molecule is CCN(c1cc(-c2nccn2C)cc(CNCc2c(C)cc(C)[nH]c2=O)c1C)C1CCC(N(C)C)CC1. The molecular formula is C30H44N6O. The van der Waals surface area contributed by atoms with Crippen molar-refractivity contribution >= 4 is 5.69 Å². The normalized spacial score (nSPS) is 17.9. The number of hydrogen-bond donors (Lipinski definition) is 2. The summed E-state index contributed by atoms with van der Waals surface area (Å²) in [6.45, 7) is 10.7. The second-order valence-electron chi connectivity index (χ2n) is 10.9. The van der Waals surface area contributed by atoms with Crippen LogP contribution in [0.15, 0.2) is 35.4 Å². The maximum absolute atomic E-state index is 12.5. The van der Waals surface area contributed by atoms with Crippen molar-refractivity contribution in [1.82, 2.24) is 24.8 Å². The van der Waals surface area contributed by atoms with Gasteiger partial charge in [0.2, 0.25) is 0 Å². The van der Waals surface area contributed by atoms with Crippen molar-refractivity contribution in [2.75, 3.05) is 25.5 Å². The summed E-state index contributed by atoms with van der Waals surface area (Å²) in [6, 6.07) is 7.86. The molecule has 1 saturated carbocycles. The van der Waals surface area contributed by atoms with Crippen molar-refractivity contribution < 1.29 is 0 Å². The molecule has 1 aliphatic carbocycles. The third-order valence-electron chi connectivity index (χ3n) is 8.17. The van der Waals surface area contributed by atoms with Crippen molar-refractivity contribution in [3.8, 4) is 11.4 Å². The van der Waals surface area contributed by atoms with Gasteiger partial charge in [0, 0.05) is 73.7 Å². The molecule has 0 aliphatic heterocycles. The maximum atomic E-state index is 12.5. The van der Waals surface area contributed by atoms with E-state index in [0.29, 0.717) is 25.2 Å². The summed E-state index contributed by atoms with van der Waals surface area (Å²) in [4.78, 5) is 25.1. The number of rotatable bonds is 9. The molecule has 2 aromatic heterocycles. The molecule has 4 rings (SSSR count). The molecule has 2 heterocycles. The molecule has 0 atom stereocenters. The second kappa shape index (κ2) is 11.7. The van der Waals surface area contributed by atoms with Crippen LogP contribution in [0.2, 0.25) is 0 Å². The molecule has 1 fully saturated rings. The predicted octanol–water partition coefficient (Wildman–Crippen LogP) is 4.69. The molecule has 0 spiro atoms. The van der Waals surface area contributed by atoms with Crippen molar-refractivity contribution in [1.29, 1.82) is 0 Å². The highest BCUT2D eigenvalue weighted by atomic mass is 16.1. The molecule has 7 nitrogen and oxygen atoms in total. The highest BCUT2D eigenvalue weighted by molar-refractivity contribution is 5.69. The van der Waals surface area contributed by atoms with Crippen LogP contribution in [0.1, 0.15) is 60.6 Å². The van der Waals surface area contributed by atoms with E-state index in [9.17, 15) is 4.79 Å². The average molecular weight is 505 g/mol. The highest BCUT2D eigenvalue weighted by Gasteiger charge is 2.28. The molecule has 7 heteroatoms. The fourth-order valence-corrected chi connectivity index (χ4v) is 5.95. The lowest BCUT2D eigenvalue weighted by Gasteiger charge is -2.40. The van der Waals surface area contributed by atoms with Gasteiger partial charge in [0.1, 0.15) is 5.82 Å². The van der Waals surface area contributed by atoms with Gasteiger partial charge in [-0.05, 0) is 102 Å². The number of pyridine rings is 1. The number of aromatic nitrogens is 3. The maximum Gasteiger partial charge on any atom is 0.252 e. The van der Waals surface area contributed by atoms with Crippen molar-refractivity contribution in [3.63, 3.8) is 0 Å². The number of aryl methyl sites for hydroxylation is 3. The minimum absolute atomic E-state index is 0.00495. The first-order valence-electron chi connectivity index (χ1n) is 13.6. The molecule has 0 saturated heterocycles. The first kappa shape index (κ1) is 27.1. The van der Waals surface area contributed by atoms with Crippen LogP contribution >= 0.6 is 0 Å². The van der Waals surface area contributed by atoms with E-state index in [4.69, 9.17) is 0 Å². The standard InChI is InChI=1S/C30H44N6O/c1-8-36(26-11-9-25(10-12-26)34(5)6)28-17-23(29-32-13-14-35(29)7)16-24(22(28)4)18-31-19-27-20(2)15-21(3)33-30(27)37/h13-17,25-26,31H,8-12,18-19H2,1-7H3,(H,33,37). The number of H-pyrrole nitrogens is 1. The first-order valence-corrected chi connectivity index (χ1v) is 13.6. The van der Waals surface area contributed by atoms with Crippen LogP contribution in [0.25, 0.3) is 11.4 Å². The van der Waals surface area contributed by atoms with Crippen molar-refractivity contribution in [3.05, 3.63) is 68.9 Å². The molecular weight excluding hydrogens is 460 g/mol. The van der Waals surface area contributed by atoms with E-state index in [1.165, 1.54) is 42.5 Å². The summed E-state index contributed by atoms with van der Waals surface area (Å²) >= 11 is 0. The Morgan fingerprint density at radius 1 is 1.05 bits per heavy atom. The van der Waals surface area contributed by atoms with E-state index < -0.39 is 0 Å². The van der Waals surface area contributed by atoms with Crippen LogP contribution in [-0.4, -0.2) is 52.2 Å². The fraction of sp³-hybridized carbons (Fsp3) is 0.533. The summed E-state index contributed by atoms with van der Waals surface area (Å²) in [5, 5.41) is 3.56. The van der Waals surface area contributed by atoms with Crippen molar-refractivity contribution in [2.24, 2.45) is 7.05 Å². The number of nitrogens with zero attached hydrogens (tertiary/aromatic N) is 4. The average Bonchev–Trinajstić information content (AvgIpc) is 3.29. The molecule has 0 bridgehead atoms. The van der Waals surface area contributed by atoms with Crippen LogP contribution in [0, 0.1) is 20.8 Å². The molecule has 1 aliphatic rings. The highest BCUT2D eigenvalue weighted by Crippen LogP contribution is 2.35. The number of nitrogens with one attached hydrogen (secondary N) is 2. The van der Waals surface area contributed by atoms with E-state index in [-0.39, 0.29) is 5.56 Å². The van der Waals surface area contributed by atoms with E-state index >= 15 is 0 Å². The van der Waals surface area contributed by atoms with Gasteiger partial charge in [-0.1, -0.05) is 0 Å². The lowest BCUT2D eigenvalue weighted by Crippen LogP contribution is -2.42. The predicted molar refractivity (Wildman–Crippen MR) is 153 cm³/mol. The van der Waals surface area contributed by atoms with Crippen LogP contribution in [0.3, 0.4) is 0 Å². The lowest BCUT2D eigenvalue weighted by atomic mass is 9.88. The van der Waals surface area contributed by atoms with Crippen LogP contribution in [-0.2, 0) is 20.1 Å². The molecule has 0 radical (unpaired) electrons. The molecule has 0 unspecified atom stereocenters. The third-order valence-corrected chi connectivity index (χ3v) is 8.17. The number of hydrogen-bond acceptors (Lipinski definition) is 5. The van der Waals surface area contributed by atoms with Gasteiger partial charge < -0.3 is 24.7 Å².